The van der Waals surface area contributed by atoms with Gasteiger partial charge in [-0.2, -0.15) is 0 Å². The van der Waals surface area contributed by atoms with E-state index in [1.165, 1.54) is 12.0 Å². The predicted octanol–water partition coefficient (Wildman–Crippen LogP) is -0.0656. The molecular weight excluding hydrogens is 174 g/mol. The largest absolute Gasteiger partial charge is 0.447 e. The molecule has 5 heteroatoms. The molecule has 2 heterocycles. The Morgan fingerprint density at radius 2 is 2.38 bits per heavy atom. The quantitative estimate of drug-likeness (QED) is 0.624. The minimum atomic E-state index is -0.591. The number of aliphatic hydroxyl groups is 1. The Morgan fingerprint density at radius 1 is 1.62 bits per heavy atom. The fourth-order valence-electron chi connectivity index (χ4n) is 1.97. The maximum atomic E-state index is 11.2. The van der Waals surface area contributed by atoms with Gasteiger partial charge in [-0.05, 0) is 12.8 Å². The van der Waals surface area contributed by atoms with Crippen LogP contribution in [0.4, 0.5) is 4.79 Å². The number of nitrogens with zero attached hydrogens (tertiary/aromatic N) is 1. The van der Waals surface area contributed by atoms with Crippen molar-refractivity contribution in [3.63, 3.8) is 0 Å². The average Bonchev–Trinajstić information content (AvgIpc) is 2.49. The van der Waals surface area contributed by atoms with Crippen LogP contribution >= 0.6 is 0 Å². The molecule has 3 atom stereocenters. The molecule has 5 nitrogen and oxygen atoms in total. The zero-order valence-corrected chi connectivity index (χ0v) is 7.47. The highest BCUT2D eigenvalue weighted by molar-refractivity contribution is 5.70. The number of cyclic esters (lactones) is 1. The van der Waals surface area contributed by atoms with Crippen molar-refractivity contribution >= 4 is 6.09 Å². The summed E-state index contributed by atoms with van der Waals surface area (Å²) in [4.78, 5) is 12.7. The minimum absolute atomic E-state index is 0.0841. The van der Waals surface area contributed by atoms with Crippen molar-refractivity contribution in [2.45, 2.75) is 31.2 Å². The molecule has 0 saturated carbocycles. The van der Waals surface area contributed by atoms with E-state index in [4.69, 9.17) is 9.47 Å². The van der Waals surface area contributed by atoms with Gasteiger partial charge < -0.3 is 14.6 Å². The van der Waals surface area contributed by atoms with Crippen LogP contribution in [-0.4, -0.2) is 48.2 Å². The number of hydrogen-bond acceptors (Lipinski definition) is 4. The Hall–Kier alpha value is -0.810. The highest BCUT2D eigenvalue weighted by atomic mass is 16.6. The smallest absolute Gasteiger partial charge is 0.412 e. The number of hydrogen-bond donors (Lipinski definition) is 1. The SMILES string of the molecule is COC1C(O)CCC2COC(=O)N21. The second-order valence-corrected chi connectivity index (χ2v) is 3.41. The van der Waals surface area contributed by atoms with Gasteiger partial charge in [-0.1, -0.05) is 0 Å². The zero-order chi connectivity index (χ0) is 9.42. The van der Waals surface area contributed by atoms with E-state index in [1.54, 1.807) is 0 Å². The molecular formula is C8H13NO4. The molecule has 0 radical (unpaired) electrons. The Morgan fingerprint density at radius 3 is 3.08 bits per heavy atom. The topological polar surface area (TPSA) is 59.0 Å². The molecule has 13 heavy (non-hydrogen) atoms. The maximum absolute atomic E-state index is 11.2. The van der Waals surface area contributed by atoms with Crippen LogP contribution in [0, 0.1) is 0 Å². The number of fused-ring (bicyclic) bond motifs is 1. The number of amides is 1. The van der Waals surface area contributed by atoms with Gasteiger partial charge in [0.2, 0.25) is 0 Å². The van der Waals surface area contributed by atoms with E-state index >= 15 is 0 Å². The van der Waals surface area contributed by atoms with Crippen LogP contribution in [0.2, 0.25) is 0 Å². The normalized spacial score (nSPS) is 38.8. The van der Waals surface area contributed by atoms with Crippen molar-refractivity contribution in [1.29, 1.82) is 0 Å². The summed E-state index contributed by atoms with van der Waals surface area (Å²) in [5, 5.41) is 9.56. The van der Waals surface area contributed by atoms with Crippen molar-refractivity contribution in [1.82, 2.24) is 4.90 Å². The lowest BCUT2D eigenvalue weighted by Gasteiger charge is -2.37. The predicted molar refractivity (Wildman–Crippen MR) is 43.0 cm³/mol. The molecule has 2 saturated heterocycles. The Balaban J connectivity index is 2.17. The van der Waals surface area contributed by atoms with Crippen molar-refractivity contribution < 1.29 is 19.4 Å². The fourth-order valence-corrected chi connectivity index (χ4v) is 1.97. The molecule has 0 aliphatic carbocycles. The van der Waals surface area contributed by atoms with Gasteiger partial charge in [-0.15, -0.1) is 0 Å². The first-order valence-corrected chi connectivity index (χ1v) is 4.40. The second-order valence-electron chi connectivity index (χ2n) is 3.41. The third-order valence-electron chi connectivity index (χ3n) is 2.64. The lowest BCUT2D eigenvalue weighted by Crippen LogP contribution is -2.53. The van der Waals surface area contributed by atoms with Crippen molar-refractivity contribution in [3.05, 3.63) is 0 Å². The summed E-state index contributed by atoms with van der Waals surface area (Å²) in [6.45, 7) is 0.422. The van der Waals surface area contributed by atoms with Crippen LogP contribution in [0.3, 0.4) is 0 Å². The summed E-state index contributed by atoms with van der Waals surface area (Å²) in [6, 6.07) is 0.0841. The van der Waals surface area contributed by atoms with Gasteiger partial charge in [0.15, 0.2) is 6.23 Å². The molecule has 74 valence electrons. The van der Waals surface area contributed by atoms with Crippen LogP contribution in [0.1, 0.15) is 12.8 Å². The monoisotopic (exact) mass is 187 g/mol. The van der Waals surface area contributed by atoms with E-state index in [0.717, 1.165) is 6.42 Å². The first-order valence-electron chi connectivity index (χ1n) is 4.40. The standard InChI is InChI=1S/C8H13NO4/c1-12-7-6(10)3-2-5-4-13-8(11)9(5)7/h5-7,10H,2-4H2,1H3. The molecule has 0 bridgehead atoms. The molecule has 2 aliphatic heterocycles. The second kappa shape index (κ2) is 3.16. The van der Waals surface area contributed by atoms with E-state index < -0.39 is 12.3 Å². The van der Waals surface area contributed by atoms with E-state index in [-0.39, 0.29) is 12.1 Å². The lowest BCUT2D eigenvalue weighted by atomic mass is 10.0. The number of carbonyl (C=O) groups excluding carboxylic acids is 1. The van der Waals surface area contributed by atoms with Gasteiger partial charge in [-0.3, -0.25) is 4.90 Å². The minimum Gasteiger partial charge on any atom is -0.447 e. The number of carbonyl (C=O) groups is 1. The molecule has 0 aromatic rings. The maximum Gasteiger partial charge on any atom is 0.412 e. The lowest BCUT2D eigenvalue weighted by molar-refractivity contribution is -0.117. The summed E-state index contributed by atoms with van der Waals surface area (Å²) in [7, 11) is 1.49. The summed E-state index contributed by atoms with van der Waals surface area (Å²) in [5.41, 5.74) is 0. The van der Waals surface area contributed by atoms with Crippen LogP contribution in [0.15, 0.2) is 0 Å². The van der Waals surface area contributed by atoms with E-state index in [0.29, 0.717) is 13.0 Å². The van der Waals surface area contributed by atoms with Crippen LogP contribution in [0.25, 0.3) is 0 Å². The van der Waals surface area contributed by atoms with Gasteiger partial charge in [-0.25, -0.2) is 4.79 Å². The summed E-state index contributed by atoms with van der Waals surface area (Å²) < 4.78 is 9.94. The van der Waals surface area contributed by atoms with Gasteiger partial charge in [0.05, 0.1) is 12.1 Å². The van der Waals surface area contributed by atoms with Crippen LogP contribution < -0.4 is 0 Å². The molecule has 0 spiro atoms. The number of rotatable bonds is 1. The summed E-state index contributed by atoms with van der Waals surface area (Å²) >= 11 is 0. The van der Waals surface area contributed by atoms with Crippen molar-refractivity contribution in [2.24, 2.45) is 0 Å². The molecule has 2 rings (SSSR count). The number of methoxy groups -OCH3 is 1. The zero-order valence-electron chi connectivity index (χ0n) is 7.47. The molecule has 0 aromatic carbocycles. The van der Waals surface area contributed by atoms with Crippen LogP contribution in [0.5, 0.6) is 0 Å². The first kappa shape index (κ1) is 8.77. The third-order valence-corrected chi connectivity index (χ3v) is 2.64. The number of aliphatic hydroxyl groups excluding tert-OH is 1. The van der Waals surface area contributed by atoms with Gasteiger partial charge in [0, 0.05) is 7.11 Å². The summed E-state index contributed by atoms with van der Waals surface area (Å²) in [5.74, 6) is 0. The third kappa shape index (κ3) is 1.28. The fraction of sp³-hybridized carbons (Fsp3) is 0.875. The highest BCUT2D eigenvalue weighted by Crippen LogP contribution is 2.28. The first-order chi connectivity index (χ1) is 6.24. The van der Waals surface area contributed by atoms with Crippen molar-refractivity contribution in [2.75, 3.05) is 13.7 Å². The van der Waals surface area contributed by atoms with E-state index in [2.05, 4.69) is 0 Å². The van der Waals surface area contributed by atoms with Crippen LogP contribution in [-0.2, 0) is 9.47 Å². The van der Waals surface area contributed by atoms with Gasteiger partial charge in [0.1, 0.15) is 6.61 Å². The summed E-state index contributed by atoms with van der Waals surface area (Å²) in [6.07, 6.45) is -0.0560. The van der Waals surface area contributed by atoms with E-state index in [9.17, 15) is 9.90 Å². The Kier molecular flexibility index (Phi) is 2.13. The molecule has 3 unspecified atom stereocenters. The van der Waals surface area contributed by atoms with Crippen molar-refractivity contribution in [3.8, 4) is 0 Å². The Bertz CT molecular complexity index is 220. The average molecular weight is 187 g/mol. The van der Waals surface area contributed by atoms with E-state index in [1.807, 2.05) is 0 Å². The highest BCUT2D eigenvalue weighted by Gasteiger charge is 2.44. The molecule has 0 aromatic heterocycles. The molecule has 2 aliphatic rings. The number of piperidine rings is 1. The molecule has 1 amide bonds. The van der Waals surface area contributed by atoms with Gasteiger partial charge in [0.25, 0.3) is 0 Å². The van der Waals surface area contributed by atoms with Gasteiger partial charge >= 0.3 is 6.09 Å². The number of ether oxygens (including phenoxy) is 2. The molecule has 1 N–H and O–H groups in total. The molecule has 2 fully saturated rings. The Labute approximate surface area is 76.2 Å².